The summed E-state index contributed by atoms with van der Waals surface area (Å²) in [5.41, 5.74) is -0.0366. The van der Waals surface area contributed by atoms with Crippen LogP contribution in [-0.4, -0.2) is 48.6 Å². The average Bonchev–Trinajstić information content (AvgIpc) is 2.89. The number of ether oxygens (including phenoxy) is 1. The SMILES string of the molecule is CCOC(=O)c1cn[nH]c1S(=O)(=O)N1CCC(C)CC1. The molecular weight excluding hydrogens is 282 g/mol. The van der Waals surface area contributed by atoms with Crippen LogP contribution in [0, 0.1) is 5.92 Å². The number of aromatic amines is 1. The zero-order valence-electron chi connectivity index (χ0n) is 11.6. The van der Waals surface area contributed by atoms with E-state index in [4.69, 9.17) is 4.74 Å². The Morgan fingerprint density at radius 3 is 2.75 bits per heavy atom. The molecule has 1 aromatic heterocycles. The van der Waals surface area contributed by atoms with Crippen molar-refractivity contribution >= 4 is 16.0 Å². The van der Waals surface area contributed by atoms with Gasteiger partial charge in [-0.05, 0) is 25.7 Å². The third-order valence-corrected chi connectivity index (χ3v) is 5.31. The first kappa shape index (κ1) is 15.0. The summed E-state index contributed by atoms with van der Waals surface area (Å²) in [7, 11) is -3.72. The van der Waals surface area contributed by atoms with Gasteiger partial charge in [-0.25, -0.2) is 13.2 Å². The van der Waals surface area contributed by atoms with E-state index in [9.17, 15) is 13.2 Å². The summed E-state index contributed by atoms with van der Waals surface area (Å²) in [5, 5.41) is 5.91. The number of hydrogen-bond acceptors (Lipinski definition) is 5. The Bertz CT molecular complexity index is 573. The molecule has 1 aromatic rings. The highest BCUT2D eigenvalue weighted by molar-refractivity contribution is 7.89. The molecule has 2 rings (SSSR count). The summed E-state index contributed by atoms with van der Waals surface area (Å²) >= 11 is 0. The predicted octanol–water partition coefficient (Wildman–Crippen LogP) is 1.01. The first-order valence-electron chi connectivity index (χ1n) is 6.67. The van der Waals surface area contributed by atoms with E-state index in [-0.39, 0.29) is 17.2 Å². The minimum Gasteiger partial charge on any atom is -0.462 e. The van der Waals surface area contributed by atoms with E-state index in [2.05, 4.69) is 17.1 Å². The molecular formula is C12H19N3O4S. The number of aromatic nitrogens is 2. The van der Waals surface area contributed by atoms with Gasteiger partial charge >= 0.3 is 5.97 Å². The number of H-pyrrole nitrogens is 1. The topological polar surface area (TPSA) is 92.4 Å². The maximum Gasteiger partial charge on any atom is 0.342 e. The molecule has 0 saturated carbocycles. The number of sulfonamides is 1. The average molecular weight is 301 g/mol. The van der Waals surface area contributed by atoms with Crippen molar-refractivity contribution in [1.29, 1.82) is 0 Å². The van der Waals surface area contributed by atoms with Crippen LogP contribution >= 0.6 is 0 Å². The van der Waals surface area contributed by atoms with Crippen molar-refractivity contribution in [3.05, 3.63) is 11.8 Å². The summed E-state index contributed by atoms with van der Waals surface area (Å²) in [6.07, 6.45) is 2.83. The number of esters is 1. The lowest BCUT2D eigenvalue weighted by Gasteiger charge is -2.29. The van der Waals surface area contributed by atoms with Gasteiger partial charge in [0.15, 0.2) is 5.03 Å². The first-order valence-corrected chi connectivity index (χ1v) is 8.11. The number of nitrogens with zero attached hydrogens (tertiary/aromatic N) is 2. The Labute approximate surface area is 118 Å². The molecule has 0 amide bonds. The largest absolute Gasteiger partial charge is 0.462 e. The van der Waals surface area contributed by atoms with Gasteiger partial charge in [-0.15, -0.1) is 0 Å². The zero-order valence-corrected chi connectivity index (χ0v) is 12.4. The molecule has 0 bridgehead atoms. The van der Waals surface area contributed by atoms with Crippen LogP contribution in [-0.2, 0) is 14.8 Å². The molecule has 7 nitrogen and oxygen atoms in total. The fourth-order valence-electron chi connectivity index (χ4n) is 2.18. The summed E-state index contributed by atoms with van der Waals surface area (Å²) in [5.74, 6) is -0.155. The molecule has 1 saturated heterocycles. The number of rotatable bonds is 4. The highest BCUT2D eigenvalue weighted by Gasteiger charge is 2.33. The molecule has 1 aliphatic rings. The van der Waals surface area contributed by atoms with Crippen LogP contribution in [0.15, 0.2) is 11.2 Å². The minimum absolute atomic E-state index is 0.0366. The molecule has 20 heavy (non-hydrogen) atoms. The van der Waals surface area contributed by atoms with Gasteiger partial charge < -0.3 is 4.74 Å². The molecule has 0 atom stereocenters. The molecule has 0 radical (unpaired) electrons. The van der Waals surface area contributed by atoms with Crippen molar-refractivity contribution in [3.8, 4) is 0 Å². The van der Waals surface area contributed by atoms with E-state index in [1.165, 1.54) is 10.5 Å². The van der Waals surface area contributed by atoms with Gasteiger partial charge in [0.2, 0.25) is 0 Å². The standard InChI is InChI=1S/C12H19N3O4S/c1-3-19-12(16)10-8-13-14-11(10)20(17,18)15-6-4-9(2)5-7-15/h8-9H,3-7H2,1-2H3,(H,13,14). The summed E-state index contributed by atoms with van der Waals surface area (Å²) in [4.78, 5) is 11.7. The van der Waals surface area contributed by atoms with Gasteiger partial charge in [0.25, 0.3) is 10.0 Å². The molecule has 1 aliphatic heterocycles. The zero-order chi connectivity index (χ0) is 14.8. The van der Waals surface area contributed by atoms with Gasteiger partial charge in [-0.1, -0.05) is 6.92 Å². The molecule has 0 aliphatic carbocycles. The van der Waals surface area contributed by atoms with Gasteiger partial charge in [-0.2, -0.15) is 9.40 Å². The van der Waals surface area contributed by atoms with Crippen LogP contribution in [0.5, 0.6) is 0 Å². The van der Waals surface area contributed by atoms with E-state index in [0.717, 1.165) is 12.8 Å². The van der Waals surface area contributed by atoms with Gasteiger partial charge in [-0.3, -0.25) is 5.10 Å². The van der Waals surface area contributed by atoms with Crippen molar-refractivity contribution < 1.29 is 17.9 Å². The van der Waals surface area contributed by atoms with E-state index in [1.807, 2.05) is 0 Å². The fourth-order valence-corrected chi connectivity index (χ4v) is 3.71. The highest BCUT2D eigenvalue weighted by Crippen LogP contribution is 2.24. The number of hydrogen-bond donors (Lipinski definition) is 1. The lowest BCUT2D eigenvalue weighted by molar-refractivity contribution is 0.0521. The fraction of sp³-hybridized carbons (Fsp3) is 0.667. The Morgan fingerprint density at radius 2 is 2.15 bits per heavy atom. The van der Waals surface area contributed by atoms with Crippen LogP contribution in [0.25, 0.3) is 0 Å². The maximum absolute atomic E-state index is 12.5. The third kappa shape index (κ3) is 2.85. The molecule has 112 valence electrons. The number of piperidine rings is 1. The molecule has 0 unspecified atom stereocenters. The minimum atomic E-state index is -3.72. The van der Waals surface area contributed by atoms with Gasteiger partial charge in [0.1, 0.15) is 5.56 Å². The summed E-state index contributed by atoms with van der Waals surface area (Å²) in [6.45, 7) is 4.88. The smallest absolute Gasteiger partial charge is 0.342 e. The maximum atomic E-state index is 12.5. The number of carbonyl (C=O) groups excluding carboxylic acids is 1. The summed E-state index contributed by atoms with van der Waals surface area (Å²) in [6, 6.07) is 0. The van der Waals surface area contributed by atoms with Crippen molar-refractivity contribution in [1.82, 2.24) is 14.5 Å². The van der Waals surface area contributed by atoms with Gasteiger partial charge in [0.05, 0.1) is 12.8 Å². The van der Waals surface area contributed by atoms with Crippen LogP contribution in [0.4, 0.5) is 0 Å². The Kier molecular flexibility index (Phi) is 4.44. The predicted molar refractivity (Wildman–Crippen MR) is 71.7 cm³/mol. The van der Waals surface area contributed by atoms with Crippen molar-refractivity contribution in [2.75, 3.05) is 19.7 Å². The van der Waals surface area contributed by atoms with Crippen LogP contribution in [0.3, 0.4) is 0 Å². The number of carbonyl (C=O) groups is 1. The second-order valence-corrected chi connectivity index (χ2v) is 6.79. The monoisotopic (exact) mass is 301 g/mol. The highest BCUT2D eigenvalue weighted by atomic mass is 32.2. The Balaban J connectivity index is 2.26. The lowest BCUT2D eigenvalue weighted by Crippen LogP contribution is -2.38. The molecule has 0 aromatic carbocycles. The molecule has 1 fully saturated rings. The van der Waals surface area contributed by atoms with Crippen LogP contribution in [0.2, 0.25) is 0 Å². The van der Waals surface area contributed by atoms with Gasteiger partial charge in [0, 0.05) is 13.1 Å². The third-order valence-electron chi connectivity index (χ3n) is 3.44. The van der Waals surface area contributed by atoms with Crippen LogP contribution < -0.4 is 0 Å². The second-order valence-electron chi connectivity index (χ2n) is 4.92. The second kappa shape index (κ2) is 5.92. The summed E-state index contributed by atoms with van der Waals surface area (Å²) < 4.78 is 31.3. The lowest BCUT2D eigenvalue weighted by atomic mass is 10.0. The van der Waals surface area contributed by atoms with E-state index < -0.39 is 16.0 Å². The first-order chi connectivity index (χ1) is 9.46. The number of nitrogens with one attached hydrogen (secondary N) is 1. The van der Waals surface area contributed by atoms with E-state index >= 15 is 0 Å². The van der Waals surface area contributed by atoms with Crippen LogP contribution in [0.1, 0.15) is 37.0 Å². The van der Waals surface area contributed by atoms with Crippen molar-refractivity contribution in [2.24, 2.45) is 5.92 Å². The van der Waals surface area contributed by atoms with E-state index in [1.54, 1.807) is 6.92 Å². The quantitative estimate of drug-likeness (QED) is 0.838. The molecule has 0 spiro atoms. The Morgan fingerprint density at radius 1 is 1.50 bits per heavy atom. The van der Waals surface area contributed by atoms with Crippen molar-refractivity contribution in [3.63, 3.8) is 0 Å². The normalized spacial score (nSPS) is 18.1. The van der Waals surface area contributed by atoms with Crippen molar-refractivity contribution in [2.45, 2.75) is 31.7 Å². The molecule has 2 heterocycles. The van der Waals surface area contributed by atoms with E-state index in [0.29, 0.717) is 19.0 Å². The Hall–Kier alpha value is -1.41. The molecule has 1 N–H and O–H groups in total. The molecule has 8 heteroatoms.